The lowest BCUT2D eigenvalue weighted by Gasteiger charge is -2.21. The molecule has 0 fully saturated rings. The van der Waals surface area contributed by atoms with E-state index in [1.54, 1.807) is 0 Å². The van der Waals surface area contributed by atoms with Gasteiger partial charge in [0.1, 0.15) is 0 Å². The van der Waals surface area contributed by atoms with Gasteiger partial charge in [0.25, 0.3) is 0 Å². The first kappa shape index (κ1) is 14.8. The summed E-state index contributed by atoms with van der Waals surface area (Å²) in [4.78, 5) is 0. The lowest BCUT2D eigenvalue weighted by molar-refractivity contribution is 0.234. The van der Waals surface area contributed by atoms with E-state index in [-0.39, 0.29) is 12.6 Å². The molecule has 0 aliphatic carbocycles. The lowest BCUT2D eigenvalue weighted by Crippen LogP contribution is -2.32. The molecule has 2 N–H and O–H groups in total. The first-order valence-corrected chi connectivity index (χ1v) is 7.27. The van der Waals surface area contributed by atoms with Crippen molar-refractivity contribution >= 4 is 0 Å². The van der Waals surface area contributed by atoms with Gasteiger partial charge in [-0.15, -0.1) is 0 Å². The van der Waals surface area contributed by atoms with Crippen molar-refractivity contribution in [2.75, 3.05) is 6.61 Å². The first-order valence-electron chi connectivity index (χ1n) is 7.27. The highest BCUT2D eigenvalue weighted by atomic mass is 16.3. The SMILES string of the molecule is CCC(C)NC(CO)c1ccc(-c2ccccc2)cc1. The topological polar surface area (TPSA) is 32.3 Å². The molecule has 2 unspecified atom stereocenters. The Hall–Kier alpha value is -1.64. The van der Waals surface area contributed by atoms with Crippen molar-refractivity contribution in [3.05, 3.63) is 60.2 Å². The summed E-state index contributed by atoms with van der Waals surface area (Å²) in [5, 5.41) is 13.0. The van der Waals surface area contributed by atoms with Gasteiger partial charge in [0.05, 0.1) is 12.6 Å². The number of rotatable bonds is 6. The van der Waals surface area contributed by atoms with E-state index in [9.17, 15) is 5.11 Å². The van der Waals surface area contributed by atoms with Crippen LogP contribution in [-0.4, -0.2) is 17.8 Å². The van der Waals surface area contributed by atoms with Crippen molar-refractivity contribution in [2.45, 2.75) is 32.4 Å². The molecule has 0 saturated carbocycles. The molecule has 2 atom stereocenters. The van der Waals surface area contributed by atoms with Crippen LogP contribution in [0.1, 0.15) is 31.9 Å². The maximum atomic E-state index is 9.55. The van der Waals surface area contributed by atoms with E-state index < -0.39 is 0 Å². The summed E-state index contributed by atoms with van der Waals surface area (Å²) in [5.74, 6) is 0. The molecular formula is C18H23NO. The molecule has 0 aliphatic rings. The number of hydrogen-bond acceptors (Lipinski definition) is 2. The minimum absolute atomic E-state index is 0.00905. The third kappa shape index (κ3) is 3.69. The Labute approximate surface area is 121 Å². The van der Waals surface area contributed by atoms with Crippen molar-refractivity contribution in [3.8, 4) is 11.1 Å². The third-order valence-corrected chi connectivity index (χ3v) is 3.70. The summed E-state index contributed by atoms with van der Waals surface area (Å²) >= 11 is 0. The van der Waals surface area contributed by atoms with Crippen LogP contribution >= 0.6 is 0 Å². The van der Waals surface area contributed by atoms with E-state index in [1.165, 1.54) is 11.1 Å². The third-order valence-electron chi connectivity index (χ3n) is 3.70. The first-order chi connectivity index (χ1) is 9.74. The minimum Gasteiger partial charge on any atom is -0.394 e. The summed E-state index contributed by atoms with van der Waals surface area (Å²) in [6, 6.07) is 19.2. The molecule has 2 nitrogen and oxygen atoms in total. The van der Waals surface area contributed by atoms with Crippen LogP contribution in [-0.2, 0) is 0 Å². The maximum absolute atomic E-state index is 9.55. The number of aliphatic hydroxyl groups excluding tert-OH is 1. The van der Waals surface area contributed by atoms with Gasteiger partial charge in [0.15, 0.2) is 0 Å². The second-order valence-corrected chi connectivity index (χ2v) is 5.20. The van der Waals surface area contributed by atoms with Crippen molar-refractivity contribution in [3.63, 3.8) is 0 Å². The molecule has 0 bridgehead atoms. The zero-order valence-electron chi connectivity index (χ0n) is 12.2. The summed E-state index contributed by atoms with van der Waals surface area (Å²) in [6.07, 6.45) is 1.05. The average molecular weight is 269 g/mol. The highest BCUT2D eigenvalue weighted by molar-refractivity contribution is 5.63. The van der Waals surface area contributed by atoms with E-state index in [0.717, 1.165) is 12.0 Å². The molecule has 2 aromatic carbocycles. The molecule has 0 radical (unpaired) electrons. The van der Waals surface area contributed by atoms with Crippen molar-refractivity contribution in [2.24, 2.45) is 0 Å². The van der Waals surface area contributed by atoms with Gasteiger partial charge < -0.3 is 10.4 Å². The van der Waals surface area contributed by atoms with Crippen molar-refractivity contribution in [1.82, 2.24) is 5.32 Å². The predicted octanol–water partition coefficient (Wildman–Crippen LogP) is 3.78. The van der Waals surface area contributed by atoms with Crippen LogP contribution in [0.15, 0.2) is 54.6 Å². The Balaban J connectivity index is 2.14. The number of nitrogens with one attached hydrogen (secondary N) is 1. The quantitative estimate of drug-likeness (QED) is 0.836. The van der Waals surface area contributed by atoms with Gasteiger partial charge in [-0.3, -0.25) is 0 Å². The monoisotopic (exact) mass is 269 g/mol. The second-order valence-electron chi connectivity index (χ2n) is 5.20. The van der Waals surface area contributed by atoms with Gasteiger partial charge >= 0.3 is 0 Å². The standard InChI is InChI=1S/C18H23NO/c1-3-14(2)19-18(13-20)17-11-9-16(10-12-17)15-7-5-4-6-8-15/h4-12,14,18-20H,3,13H2,1-2H3. The van der Waals surface area contributed by atoms with Gasteiger partial charge in [-0.25, -0.2) is 0 Å². The van der Waals surface area contributed by atoms with Crippen LogP contribution in [0.4, 0.5) is 0 Å². The molecule has 0 aromatic heterocycles. The summed E-state index contributed by atoms with van der Waals surface area (Å²) in [7, 11) is 0. The van der Waals surface area contributed by atoms with E-state index in [1.807, 2.05) is 18.2 Å². The normalized spacial score (nSPS) is 13.9. The molecular weight excluding hydrogens is 246 g/mol. The lowest BCUT2D eigenvalue weighted by atomic mass is 10.0. The Morgan fingerprint density at radius 2 is 1.55 bits per heavy atom. The fraction of sp³-hybridized carbons (Fsp3) is 0.333. The van der Waals surface area contributed by atoms with Crippen LogP contribution in [0.3, 0.4) is 0 Å². The highest BCUT2D eigenvalue weighted by Gasteiger charge is 2.12. The molecule has 2 aromatic rings. The fourth-order valence-corrected chi connectivity index (χ4v) is 2.25. The molecule has 0 heterocycles. The second kappa shape index (κ2) is 7.22. The average Bonchev–Trinajstić information content (AvgIpc) is 2.53. The molecule has 0 amide bonds. The fourth-order valence-electron chi connectivity index (χ4n) is 2.25. The molecule has 106 valence electrons. The molecule has 20 heavy (non-hydrogen) atoms. The van der Waals surface area contributed by atoms with Gasteiger partial charge in [-0.05, 0) is 30.0 Å². The Kier molecular flexibility index (Phi) is 5.33. The van der Waals surface area contributed by atoms with Crippen molar-refractivity contribution < 1.29 is 5.11 Å². The van der Waals surface area contributed by atoms with Crippen LogP contribution in [0.25, 0.3) is 11.1 Å². The Morgan fingerprint density at radius 1 is 0.950 bits per heavy atom. The van der Waals surface area contributed by atoms with Gasteiger partial charge in [0, 0.05) is 6.04 Å². The zero-order valence-corrected chi connectivity index (χ0v) is 12.2. The van der Waals surface area contributed by atoms with Crippen LogP contribution < -0.4 is 5.32 Å². The minimum atomic E-state index is 0.00905. The predicted molar refractivity (Wildman–Crippen MR) is 84.6 cm³/mol. The molecule has 2 rings (SSSR count). The number of hydrogen-bond donors (Lipinski definition) is 2. The van der Waals surface area contributed by atoms with E-state index in [2.05, 4.69) is 55.6 Å². The van der Waals surface area contributed by atoms with Gasteiger partial charge in [0.2, 0.25) is 0 Å². The summed E-state index contributed by atoms with van der Waals surface area (Å²) in [5.41, 5.74) is 3.55. The molecule has 0 spiro atoms. The van der Waals surface area contributed by atoms with Gasteiger partial charge in [-0.2, -0.15) is 0 Å². The smallest absolute Gasteiger partial charge is 0.0626 e. The van der Waals surface area contributed by atoms with Crippen LogP contribution in [0, 0.1) is 0 Å². The van der Waals surface area contributed by atoms with Crippen LogP contribution in [0.2, 0.25) is 0 Å². The van der Waals surface area contributed by atoms with E-state index in [4.69, 9.17) is 0 Å². The Morgan fingerprint density at radius 3 is 2.10 bits per heavy atom. The Bertz CT molecular complexity index is 507. The van der Waals surface area contributed by atoms with E-state index in [0.29, 0.717) is 6.04 Å². The maximum Gasteiger partial charge on any atom is 0.0626 e. The van der Waals surface area contributed by atoms with Crippen molar-refractivity contribution in [1.29, 1.82) is 0 Å². The number of aliphatic hydroxyl groups is 1. The largest absolute Gasteiger partial charge is 0.394 e. The number of benzene rings is 2. The van der Waals surface area contributed by atoms with Crippen LogP contribution in [0.5, 0.6) is 0 Å². The van der Waals surface area contributed by atoms with E-state index >= 15 is 0 Å². The molecule has 2 heteroatoms. The van der Waals surface area contributed by atoms with Gasteiger partial charge in [-0.1, -0.05) is 61.5 Å². The molecule has 0 saturated heterocycles. The molecule has 0 aliphatic heterocycles. The summed E-state index contributed by atoms with van der Waals surface area (Å²) in [6.45, 7) is 4.40. The highest BCUT2D eigenvalue weighted by Crippen LogP contribution is 2.22. The summed E-state index contributed by atoms with van der Waals surface area (Å²) < 4.78 is 0. The zero-order chi connectivity index (χ0) is 14.4.